The van der Waals surface area contributed by atoms with Crippen molar-refractivity contribution in [2.45, 2.75) is 52.0 Å². The topological polar surface area (TPSA) is 47.3 Å². The van der Waals surface area contributed by atoms with E-state index < -0.39 is 0 Å². The maximum Gasteiger partial charge on any atom is 0.127 e. The Hall–Kier alpha value is -1.06. The summed E-state index contributed by atoms with van der Waals surface area (Å²) < 4.78 is 6.10. The van der Waals surface area contributed by atoms with Gasteiger partial charge in [-0.05, 0) is 25.2 Å². The number of aryl methyl sites for hydroxylation is 1. The summed E-state index contributed by atoms with van der Waals surface area (Å²) in [5, 5.41) is 3.57. The highest BCUT2D eigenvalue weighted by atomic mass is 16.5. The van der Waals surface area contributed by atoms with Crippen LogP contribution in [0.3, 0.4) is 0 Å². The molecule has 3 nitrogen and oxygen atoms in total. The van der Waals surface area contributed by atoms with Gasteiger partial charge >= 0.3 is 0 Å². The molecule has 0 aromatic heterocycles. The Balaban J connectivity index is 2.47. The molecule has 3 heteroatoms. The van der Waals surface area contributed by atoms with Crippen molar-refractivity contribution in [3.05, 3.63) is 28.8 Å². The van der Waals surface area contributed by atoms with E-state index in [4.69, 9.17) is 10.5 Å². The van der Waals surface area contributed by atoms with Crippen LogP contribution in [0.1, 0.15) is 56.3 Å². The van der Waals surface area contributed by atoms with Gasteiger partial charge in [0.1, 0.15) is 5.75 Å². The first-order chi connectivity index (χ1) is 9.43. The normalized spacial score (nSPS) is 19.1. The van der Waals surface area contributed by atoms with Crippen LogP contribution in [-0.4, -0.2) is 19.7 Å². The van der Waals surface area contributed by atoms with Gasteiger partial charge in [0.25, 0.3) is 0 Å². The lowest BCUT2D eigenvalue weighted by Crippen LogP contribution is -2.27. The summed E-state index contributed by atoms with van der Waals surface area (Å²) in [4.78, 5) is 0. The van der Waals surface area contributed by atoms with E-state index in [9.17, 15) is 0 Å². The van der Waals surface area contributed by atoms with E-state index in [1.54, 1.807) is 0 Å². The highest BCUT2D eigenvalue weighted by molar-refractivity contribution is 5.49. The van der Waals surface area contributed by atoms with E-state index >= 15 is 0 Å². The average Bonchev–Trinajstić information content (AvgIpc) is 2.56. The Bertz CT molecular complexity index is 463. The Morgan fingerprint density at radius 1 is 1.35 bits per heavy atom. The molecule has 3 N–H and O–H groups in total. The maximum atomic E-state index is 6.10. The summed E-state index contributed by atoms with van der Waals surface area (Å²) in [6, 6.07) is 4.89. The van der Waals surface area contributed by atoms with Crippen LogP contribution in [0, 0.1) is 6.92 Å². The molecule has 1 aliphatic heterocycles. The summed E-state index contributed by atoms with van der Waals surface area (Å²) in [7, 11) is 0. The monoisotopic (exact) mass is 276 g/mol. The predicted octanol–water partition coefficient (Wildman–Crippen LogP) is 3.05. The van der Waals surface area contributed by atoms with Gasteiger partial charge in [-0.15, -0.1) is 0 Å². The van der Waals surface area contributed by atoms with E-state index in [0.29, 0.717) is 12.6 Å². The van der Waals surface area contributed by atoms with Crippen molar-refractivity contribution in [3.8, 4) is 5.75 Å². The fourth-order valence-electron chi connectivity index (χ4n) is 2.87. The molecule has 0 saturated heterocycles. The van der Waals surface area contributed by atoms with Crippen LogP contribution in [0.4, 0.5) is 0 Å². The summed E-state index contributed by atoms with van der Waals surface area (Å²) in [6.07, 6.45) is 2.19. The quantitative estimate of drug-likeness (QED) is 0.892. The number of hydrogen-bond donors (Lipinski definition) is 2. The van der Waals surface area contributed by atoms with Crippen molar-refractivity contribution in [2.24, 2.45) is 5.73 Å². The highest BCUT2D eigenvalue weighted by Crippen LogP contribution is 2.40. The summed E-state index contributed by atoms with van der Waals surface area (Å²) in [6.45, 7) is 11.2. The van der Waals surface area contributed by atoms with Gasteiger partial charge in [-0.25, -0.2) is 0 Å². The van der Waals surface area contributed by atoms with E-state index in [1.807, 2.05) is 0 Å². The minimum atomic E-state index is 0.0961. The van der Waals surface area contributed by atoms with Crippen LogP contribution in [0.5, 0.6) is 5.75 Å². The second-order valence-electron chi connectivity index (χ2n) is 6.77. The van der Waals surface area contributed by atoms with Crippen LogP contribution in [-0.2, 0) is 5.41 Å². The Morgan fingerprint density at radius 3 is 2.75 bits per heavy atom. The molecule has 1 unspecified atom stereocenters. The van der Waals surface area contributed by atoms with Crippen LogP contribution < -0.4 is 15.8 Å². The van der Waals surface area contributed by atoms with Gasteiger partial charge in [0.15, 0.2) is 0 Å². The molecular weight excluding hydrogens is 248 g/mol. The molecule has 0 amide bonds. The lowest BCUT2D eigenvalue weighted by molar-refractivity contribution is 0.307. The number of rotatable bonds is 3. The second kappa shape index (κ2) is 6.15. The third-order valence-electron chi connectivity index (χ3n) is 3.86. The molecule has 112 valence electrons. The molecule has 1 heterocycles. The van der Waals surface area contributed by atoms with Crippen molar-refractivity contribution in [2.75, 3.05) is 19.7 Å². The van der Waals surface area contributed by atoms with Gasteiger partial charge in [-0.3, -0.25) is 0 Å². The second-order valence-corrected chi connectivity index (χ2v) is 6.77. The van der Waals surface area contributed by atoms with Crippen molar-refractivity contribution in [1.29, 1.82) is 0 Å². The minimum Gasteiger partial charge on any atom is -0.493 e. The first kappa shape index (κ1) is 15.3. The Labute approximate surface area is 122 Å². The van der Waals surface area contributed by atoms with E-state index in [2.05, 4.69) is 45.1 Å². The molecule has 0 saturated carbocycles. The molecule has 0 spiro atoms. The predicted molar refractivity (Wildman–Crippen MR) is 84.4 cm³/mol. The molecule has 0 aliphatic carbocycles. The molecule has 2 rings (SSSR count). The molecule has 20 heavy (non-hydrogen) atoms. The zero-order chi connectivity index (χ0) is 14.8. The lowest BCUT2D eigenvalue weighted by Gasteiger charge is -2.27. The Kier molecular flexibility index (Phi) is 4.71. The number of hydrogen-bond acceptors (Lipinski definition) is 3. The summed E-state index contributed by atoms with van der Waals surface area (Å²) in [5.41, 5.74) is 9.66. The molecule has 0 radical (unpaired) electrons. The van der Waals surface area contributed by atoms with Gasteiger partial charge in [-0.2, -0.15) is 0 Å². The van der Waals surface area contributed by atoms with Gasteiger partial charge < -0.3 is 15.8 Å². The van der Waals surface area contributed by atoms with E-state index in [0.717, 1.165) is 31.7 Å². The van der Waals surface area contributed by atoms with E-state index in [1.165, 1.54) is 16.7 Å². The average molecular weight is 276 g/mol. The smallest absolute Gasteiger partial charge is 0.127 e. The number of ether oxygens (including phenoxy) is 1. The first-order valence-electron chi connectivity index (χ1n) is 7.64. The van der Waals surface area contributed by atoms with Crippen LogP contribution >= 0.6 is 0 Å². The van der Waals surface area contributed by atoms with Crippen molar-refractivity contribution in [1.82, 2.24) is 5.32 Å². The van der Waals surface area contributed by atoms with E-state index in [-0.39, 0.29) is 5.41 Å². The lowest BCUT2D eigenvalue weighted by atomic mass is 9.83. The van der Waals surface area contributed by atoms with Crippen LogP contribution in [0.25, 0.3) is 0 Å². The molecule has 1 atom stereocenters. The number of nitrogens with one attached hydrogen (secondary N) is 1. The van der Waals surface area contributed by atoms with Gasteiger partial charge in [0.05, 0.1) is 6.61 Å². The van der Waals surface area contributed by atoms with Crippen LogP contribution in [0.2, 0.25) is 0 Å². The standard InChI is InChI=1S/C17H28N2O/c1-12-10-13-15(19-8-7-18)6-5-9-20-16(13)14(11-12)17(2,3)4/h10-11,15,19H,5-9,18H2,1-4H3. The Morgan fingerprint density at radius 2 is 2.10 bits per heavy atom. The fraction of sp³-hybridized carbons (Fsp3) is 0.647. The molecule has 0 fully saturated rings. The summed E-state index contributed by atoms with van der Waals surface area (Å²) in [5.74, 6) is 1.09. The summed E-state index contributed by atoms with van der Waals surface area (Å²) >= 11 is 0. The highest BCUT2D eigenvalue weighted by Gasteiger charge is 2.27. The zero-order valence-corrected chi connectivity index (χ0v) is 13.3. The van der Waals surface area contributed by atoms with Crippen molar-refractivity contribution in [3.63, 3.8) is 0 Å². The molecule has 0 bridgehead atoms. The SMILES string of the molecule is Cc1cc2c(c(C(C)(C)C)c1)OCCCC2NCCN. The molecule has 1 aromatic carbocycles. The first-order valence-corrected chi connectivity index (χ1v) is 7.64. The molecule has 1 aromatic rings. The number of nitrogens with two attached hydrogens (primary N) is 1. The zero-order valence-electron chi connectivity index (χ0n) is 13.3. The van der Waals surface area contributed by atoms with Gasteiger partial charge in [0.2, 0.25) is 0 Å². The maximum absolute atomic E-state index is 6.10. The van der Waals surface area contributed by atoms with Crippen molar-refractivity contribution >= 4 is 0 Å². The number of fused-ring (bicyclic) bond motifs is 1. The largest absolute Gasteiger partial charge is 0.493 e. The third kappa shape index (κ3) is 3.33. The van der Waals surface area contributed by atoms with Gasteiger partial charge in [-0.1, -0.05) is 38.5 Å². The van der Waals surface area contributed by atoms with Gasteiger partial charge in [0, 0.05) is 30.3 Å². The fourth-order valence-corrected chi connectivity index (χ4v) is 2.87. The molecular formula is C17H28N2O. The van der Waals surface area contributed by atoms with Crippen LogP contribution in [0.15, 0.2) is 12.1 Å². The minimum absolute atomic E-state index is 0.0961. The van der Waals surface area contributed by atoms with Crippen molar-refractivity contribution < 1.29 is 4.74 Å². The third-order valence-corrected chi connectivity index (χ3v) is 3.86. The molecule has 1 aliphatic rings. The number of benzene rings is 1.